The highest BCUT2D eigenvalue weighted by Crippen LogP contribution is 2.23. The van der Waals surface area contributed by atoms with Gasteiger partial charge in [-0.2, -0.15) is 0 Å². The van der Waals surface area contributed by atoms with Crippen LogP contribution in [0.5, 0.6) is 0 Å². The maximum atomic E-state index is 11.2. The summed E-state index contributed by atoms with van der Waals surface area (Å²) in [5.41, 5.74) is 1.86. The van der Waals surface area contributed by atoms with Gasteiger partial charge < -0.3 is 9.67 Å². The van der Waals surface area contributed by atoms with Crippen molar-refractivity contribution in [3.05, 3.63) is 29.0 Å². The number of hydrogen-bond donors (Lipinski definition) is 1. The maximum Gasteiger partial charge on any atom is 0.320 e. The van der Waals surface area contributed by atoms with Crippen molar-refractivity contribution in [2.75, 3.05) is 6.54 Å². The monoisotopic (exact) mass is 293 g/mol. The summed E-state index contributed by atoms with van der Waals surface area (Å²) in [5, 5.41) is 9.88. The van der Waals surface area contributed by atoms with Crippen molar-refractivity contribution in [2.45, 2.75) is 25.4 Å². The molecule has 0 radical (unpaired) electrons. The molecular weight excluding hydrogens is 278 g/mol. The van der Waals surface area contributed by atoms with Gasteiger partial charge in [0.2, 0.25) is 0 Å². The second-order valence-corrected chi connectivity index (χ2v) is 5.62. The van der Waals surface area contributed by atoms with Crippen LogP contribution in [0.15, 0.2) is 18.2 Å². The van der Waals surface area contributed by atoms with Crippen LogP contribution in [0.4, 0.5) is 0 Å². The number of aromatic nitrogens is 2. The highest BCUT2D eigenvalue weighted by atomic mass is 35.5. The number of nitrogens with zero attached hydrogens (tertiary/aromatic N) is 3. The van der Waals surface area contributed by atoms with Crippen LogP contribution in [0.2, 0.25) is 5.02 Å². The first-order chi connectivity index (χ1) is 9.56. The number of imidazole rings is 1. The van der Waals surface area contributed by atoms with Gasteiger partial charge in [-0.3, -0.25) is 9.69 Å². The number of aryl methyl sites for hydroxylation is 1. The van der Waals surface area contributed by atoms with Gasteiger partial charge >= 0.3 is 5.97 Å². The molecule has 0 amide bonds. The zero-order chi connectivity index (χ0) is 14.3. The van der Waals surface area contributed by atoms with E-state index in [0.29, 0.717) is 18.0 Å². The Morgan fingerprint density at radius 3 is 3.10 bits per heavy atom. The summed E-state index contributed by atoms with van der Waals surface area (Å²) in [6, 6.07) is 5.22. The minimum absolute atomic E-state index is 0.390. The lowest BCUT2D eigenvalue weighted by Crippen LogP contribution is -2.36. The van der Waals surface area contributed by atoms with E-state index in [-0.39, 0.29) is 0 Å². The van der Waals surface area contributed by atoms with Crippen LogP contribution in [0.3, 0.4) is 0 Å². The topological polar surface area (TPSA) is 58.4 Å². The SMILES string of the molecule is Cn1c(CN2CCC[C@@H]2C(=O)O)nc2cc(Cl)ccc21. The van der Waals surface area contributed by atoms with E-state index in [2.05, 4.69) is 4.98 Å². The van der Waals surface area contributed by atoms with Crippen LogP contribution in [-0.4, -0.2) is 38.1 Å². The summed E-state index contributed by atoms with van der Waals surface area (Å²) < 4.78 is 2.00. The predicted molar refractivity (Wildman–Crippen MR) is 76.8 cm³/mol. The molecular formula is C14H16ClN3O2. The fourth-order valence-electron chi connectivity index (χ4n) is 2.84. The number of rotatable bonds is 3. The average Bonchev–Trinajstić information content (AvgIpc) is 2.96. The van der Waals surface area contributed by atoms with Crippen LogP contribution in [-0.2, 0) is 18.4 Å². The summed E-state index contributed by atoms with van der Waals surface area (Å²) in [6.07, 6.45) is 1.64. The first kappa shape index (κ1) is 13.4. The molecule has 1 aromatic heterocycles. The van der Waals surface area contributed by atoms with Gasteiger partial charge in [0.15, 0.2) is 0 Å². The summed E-state index contributed by atoms with van der Waals surface area (Å²) in [7, 11) is 1.95. The van der Waals surface area contributed by atoms with E-state index in [1.165, 1.54) is 0 Å². The van der Waals surface area contributed by atoms with E-state index in [9.17, 15) is 9.90 Å². The van der Waals surface area contributed by atoms with Crippen molar-refractivity contribution >= 4 is 28.6 Å². The molecule has 1 aliphatic heterocycles. The van der Waals surface area contributed by atoms with Crippen LogP contribution >= 0.6 is 11.6 Å². The number of hydrogen-bond acceptors (Lipinski definition) is 3. The Labute approximate surface area is 121 Å². The third kappa shape index (κ3) is 2.27. The maximum absolute atomic E-state index is 11.2. The Morgan fingerprint density at radius 2 is 2.35 bits per heavy atom. The molecule has 1 atom stereocenters. The van der Waals surface area contributed by atoms with Gasteiger partial charge in [0.05, 0.1) is 17.6 Å². The highest BCUT2D eigenvalue weighted by Gasteiger charge is 2.31. The average molecular weight is 294 g/mol. The standard InChI is InChI=1S/C14H16ClN3O2/c1-17-11-5-4-9(15)7-10(11)16-13(17)8-18-6-2-3-12(18)14(19)20/h4-5,7,12H,2-3,6,8H2,1H3,(H,19,20)/t12-/m1/s1. The second kappa shape index (κ2) is 5.07. The third-order valence-electron chi connectivity index (χ3n) is 3.93. The number of halogens is 1. The van der Waals surface area contributed by atoms with Gasteiger partial charge in [0.25, 0.3) is 0 Å². The van der Waals surface area contributed by atoms with Crippen molar-refractivity contribution in [3.63, 3.8) is 0 Å². The fourth-order valence-corrected chi connectivity index (χ4v) is 3.01. The van der Waals surface area contributed by atoms with Gasteiger partial charge in [0.1, 0.15) is 11.9 Å². The summed E-state index contributed by atoms with van der Waals surface area (Å²) >= 11 is 5.98. The van der Waals surface area contributed by atoms with E-state index in [0.717, 1.165) is 29.8 Å². The molecule has 1 aromatic carbocycles. The van der Waals surface area contributed by atoms with Crippen LogP contribution in [0.1, 0.15) is 18.7 Å². The first-order valence-electron chi connectivity index (χ1n) is 6.64. The molecule has 5 nitrogen and oxygen atoms in total. The number of fused-ring (bicyclic) bond motifs is 1. The number of benzene rings is 1. The van der Waals surface area contributed by atoms with Gasteiger partial charge in [0, 0.05) is 12.1 Å². The lowest BCUT2D eigenvalue weighted by Gasteiger charge is -2.20. The minimum Gasteiger partial charge on any atom is -0.480 e. The Kier molecular flexibility index (Phi) is 3.40. The molecule has 6 heteroatoms. The van der Waals surface area contributed by atoms with Crippen molar-refractivity contribution in [3.8, 4) is 0 Å². The van der Waals surface area contributed by atoms with Crippen molar-refractivity contribution < 1.29 is 9.90 Å². The molecule has 0 spiro atoms. The summed E-state index contributed by atoms with van der Waals surface area (Å²) in [6.45, 7) is 1.36. The smallest absolute Gasteiger partial charge is 0.320 e. The molecule has 20 heavy (non-hydrogen) atoms. The minimum atomic E-state index is -0.746. The Balaban J connectivity index is 1.91. The van der Waals surface area contributed by atoms with Crippen molar-refractivity contribution in [1.82, 2.24) is 14.5 Å². The molecule has 1 fully saturated rings. The quantitative estimate of drug-likeness (QED) is 0.943. The molecule has 1 N–H and O–H groups in total. The Hall–Kier alpha value is -1.59. The number of carboxylic acids is 1. The van der Waals surface area contributed by atoms with Crippen LogP contribution in [0.25, 0.3) is 11.0 Å². The summed E-state index contributed by atoms with van der Waals surface area (Å²) in [5.74, 6) is 0.125. The Bertz CT molecular complexity index is 668. The molecule has 3 rings (SSSR count). The van der Waals surface area contributed by atoms with Gasteiger partial charge in [-0.15, -0.1) is 0 Å². The number of aliphatic carboxylic acids is 1. The van der Waals surface area contributed by atoms with E-state index in [4.69, 9.17) is 11.6 Å². The van der Waals surface area contributed by atoms with E-state index in [1.54, 1.807) is 0 Å². The van der Waals surface area contributed by atoms with E-state index >= 15 is 0 Å². The molecule has 0 saturated carbocycles. The molecule has 0 bridgehead atoms. The molecule has 2 aromatic rings. The van der Waals surface area contributed by atoms with Gasteiger partial charge in [-0.05, 0) is 37.6 Å². The summed E-state index contributed by atoms with van der Waals surface area (Å²) in [4.78, 5) is 17.8. The first-order valence-corrected chi connectivity index (χ1v) is 7.02. The van der Waals surface area contributed by atoms with Crippen LogP contribution < -0.4 is 0 Å². The van der Waals surface area contributed by atoms with Crippen molar-refractivity contribution in [2.24, 2.45) is 7.05 Å². The number of carboxylic acid groups (broad SMARTS) is 1. The molecule has 1 aliphatic rings. The molecule has 0 unspecified atom stereocenters. The predicted octanol–water partition coefficient (Wildman–Crippen LogP) is 2.28. The van der Waals surface area contributed by atoms with E-state index < -0.39 is 12.0 Å². The lowest BCUT2D eigenvalue weighted by molar-refractivity contribution is -0.142. The molecule has 0 aliphatic carbocycles. The molecule has 106 valence electrons. The zero-order valence-electron chi connectivity index (χ0n) is 11.2. The largest absolute Gasteiger partial charge is 0.480 e. The number of carbonyl (C=O) groups is 1. The normalized spacial score (nSPS) is 19.8. The Morgan fingerprint density at radius 1 is 1.55 bits per heavy atom. The zero-order valence-corrected chi connectivity index (χ0v) is 12.0. The molecule has 1 saturated heterocycles. The van der Waals surface area contributed by atoms with Gasteiger partial charge in [-0.25, -0.2) is 4.98 Å². The number of likely N-dealkylation sites (tertiary alicyclic amines) is 1. The van der Waals surface area contributed by atoms with Crippen LogP contribution in [0, 0.1) is 0 Å². The van der Waals surface area contributed by atoms with Crippen molar-refractivity contribution in [1.29, 1.82) is 0 Å². The fraction of sp³-hybridized carbons (Fsp3) is 0.429. The second-order valence-electron chi connectivity index (χ2n) is 5.19. The van der Waals surface area contributed by atoms with Gasteiger partial charge in [-0.1, -0.05) is 11.6 Å². The lowest BCUT2D eigenvalue weighted by atomic mass is 10.2. The van der Waals surface area contributed by atoms with E-state index in [1.807, 2.05) is 34.7 Å². The highest BCUT2D eigenvalue weighted by molar-refractivity contribution is 6.31. The third-order valence-corrected chi connectivity index (χ3v) is 4.16. The molecule has 2 heterocycles.